The Morgan fingerprint density at radius 2 is 1.65 bits per heavy atom. The van der Waals surface area contributed by atoms with Gasteiger partial charge in [-0.25, -0.2) is 9.59 Å². The van der Waals surface area contributed by atoms with Gasteiger partial charge >= 0.3 is 11.9 Å². The van der Waals surface area contributed by atoms with Crippen LogP contribution < -0.4 is 0 Å². The highest BCUT2D eigenvalue weighted by Gasteiger charge is 2.37. The van der Waals surface area contributed by atoms with E-state index in [1.165, 1.54) is 28.6 Å². The van der Waals surface area contributed by atoms with Gasteiger partial charge < -0.3 is 24.6 Å². The summed E-state index contributed by atoms with van der Waals surface area (Å²) in [7, 11) is 1.51. The highest BCUT2D eigenvalue weighted by molar-refractivity contribution is 5.88. The van der Waals surface area contributed by atoms with Gasteiger partial charge in [-0.15, -0.1) is 0 Å². The summed E-state index contributed by atoms with van der Waals surface area (Å²) in [6, 6.07) is 20.3. The molecular weight excluding hydrogens is 546 g/mol. The topological polar surface area (TPSA) is 113 Å². The number of fused-ring (bicyclic) bond motifs is 1. The van der Waals surface area contributed by atoms with Crippen LogP contribution in [0.4, 0.5) is 0 Å². The van der Waals surface area contributed by atoms with Crippen molar-refractivity contribution in [2.24, 2.45) is 0 Å². The molecule has 8 heteroatoms. The zero-order valence-corrected chi connectivity index (χ0v) is 24.9. The van der Waals surface area contributed by atoms with Gasteiger partial charge in [0.05, 0.1) is 0 Å². The van der Waals surface area contributed by atoms with Gasteiger partial charge in [-0.3, -0.25) is 4.79 Å². The molecule has 3 aromatic carbocycles. The summed E-state index contributed by atoms with van der Waals surface area (Å²) in [5.41, 5.74) is 4.61. The van der Waals surface area contributed by atoms with E-state index in [0.717, 1.165) is 35.6 Å². The Hall–Kier alpha value is -4.45. The summed E-state index contributed by atoms with van der Waals surface area (Å²) in [5.74, 6) is 2.58. The number of hydrogen-bond acceptors (Lipinski definition) is 5. The summed E-state index contributed by atoms with van der Waals surface area (Å²) in [5, 5.41) is 20.9. The zero-order valence-electron chi connectivity index (χ0n) is 24.9. The highest BCUT2D eigenvalue weighted by atomic mass is 16.6. The molecule has 0 aliphatic heterocycles. The summed E-state index contributed by atoms with van der Waals surface area (Å²) < 4.78 is 10.8. The van der Waals surface area contributed by atoms with Crippen molar-refractivity contribution in [1.82, 2.24) is 4.90 Å². The van der Waals surface area contributed by atoms with Gasteiger partial charge in [0.1, 0.15) is 6.61 Å². The number of aliphatic carboxylic acids is 2. The first-order valence-electron chi connectivity index (χ1n) is 14.3. The molecule has 2 N–H and O–H groups in total. The van der Waals surface area contributed by atoms with Gasteiger partial charge in [-0.1, -0.05) is 72.9 Å². The number of ether oxygens (including phenoxy) is 2. The van der Waals surface area contributed by atoms with Crippen LogP contribution in [0.5, 0.6) is 0 Å². The van der Waals surface area contributed by atoms with Crippen molar-refractivity contribution >= 4 is 28.6 Å². The number of hydrogen-bond donors (Lipinski definition) is 2. The molecule has 1 amide bonds. The number of likely N-dealkylation sites (N-methyl/N-ethyl adjacent to an activating group) is 1. The second-order valence-corrected chi connectivity index (χ2v) is 10.4. The van der Waals surface area contributed by atoms with Crippen molar-refractivity contribution in [3.8, 4) is 11.8 Å². The molecule has 0 heterocycles. The van der Waals surface area contributed by atoms with E-state index < -0.39 is 36.7 Å². The number of allylic oxidation sites excluding steroid dienone is 1. The Labute approximate surface area is 252 Å². The molecule has 3 rings (SSSR count). The standard InChI is InChI=1S/C35H39NO7/c1-25-16-17-27(22-26(25)2)12-7-5-11-21-42-32(33(35(40)41)43-24-31(37)38)34(39)36(3)20-10-4-6-13-28-18-19-29-14-8-9-15-30(29)23-28/h4,8-10,14-19,22-23,32-33H,5,7,11-12,20-21,24H2,1-3H3,(H,37,38)(H,40,41). The average Bonchev–Trinajstić information content (AvgIpc) is 2.98. The Morgan fingerprint density at radius 1 is 0.884 bits per heavy atom. The van der Waals surface area contributed by atoms with Crippen LogP contribution in [0.25, 0.3) is 10.8 Å². The average molecular weight is 586 g/mol. The summed E-state index contributed by atoms with van der Waals surface area (Å²) in [6.07, 6.45) is 3.28. The number of unbranched alkanes of at least 4 members (excludes halogenated alkanes) is 2. The Kier molecular flexibility index (Phi) is 13.0. The van der Waals surface area contributed by atoms with Crippen LogP contribution in [-0.4, -0.2) is 72.0 Å². The SMILES string of the molecule is Cc1ccc(CCCCCOC(C(=O)N(C)CC=CC#Cc2ccc3ccccc3c2)C(OCC(=O)O)C(=O)O)cc1C. The van der Waals surface area contributed by atoms with Crippen LogP contribution in [0.2, 0.25) is 0 Å². The van der Waals surface area contributed by atoms with Crippen molar-refractivity contribution < 1.29 is 34.1 Å². The monoisotopic (exact) mass is 585 g/mol. The lowest BCUT2D eigenvalue weighted by Gasteiger charge is -2.27. The Morgan fingerprint density at radius 3 is 2.37 bits per heavy atom. The normalized spacial score (nSPS) is 12.4. The van der Waals surface area contributed by atoms with Gasteiger partial charge in [0, 0.05) is 25.8 Å². The van der Waals surface area contributed by atoms with Crippen LogP contribution in [0.3, 0.4) is 0 Å². The molecule has 43 heavy (non-hydrogen) atoms. The summed E-state index contributed by atoms with van der Waals surface area (Å²) in [6.45, 7) is 3.57. The lowest BCUT2D eigenvalue weighted by Crippen LogP contribution is -2.49. The number of rotatable bonds is 15. The molecule has 0 fully saturated rings. The van der Waals surface area contributed by atoms with E-state index >= 15 is 0 Å². The largest absolute Gasteiger partial charge is 0.480 e. The van der Waals surface area contributed by atoms with E-state index in [1.807, 2.05) is 42.5 Å². The van der Waals surface area contributed by atoms with Crippen LogP contribution in [0.1, 0.15) is 41.5 Å². The van der Waals surface area contributed by atoms with Crippen molar-refractivity contribution in [3.05, 3.63) is 95.1 Å². The minimum Gasteiger partial charge on any atom is -0.480 e. The quantitative estimate of drug-likeness (QED) is 0.187. The first-order valence-corrected chi connectivity index (χ1v) is 14.3. The van der Waals surface area contributed by atoms with E-state index in [0.29, 0.717) is 6.42 Å². The van der Waals surface area contributed by atoms with Crippen molar-refractivity contribution in [2.45, 2.75) is 51.7 Å². The summed E-state index contributed by atoms with van der Waals surface area (Å²) >= 11 is 0. The maximum Gasteiger partial charge on any atom is 0.336 e. The van der Waals surface area contributed by atoms with Gasteiger partial charge in [0.2, 0.25) is 0 Å². The summed E-state index contributed by atoms with van der Waals surface area (Å²) in [4.78, 5) is 37.5. The molecule has 2 unspecified atom stereocenters. The number of carbonyl (C=O) groups is 3. The molecule has 3 aromatic rings. The fourth-order valence-electron chi connectivity index (χ4n) is 4.48. The van der Waals surface area contributed by atoms with Crippen molar-refractivity contribution in [1.29, 1.82) is 0 Å². The third kappa shape index (κ3) is 10.7. The lowest BCUT2D eigenvalue weighted by molar-refractivity contribution is -0.175. The fourth-order valence-corrected chi connectivity index (χ4v) is 4.48. The number of carbonyl (C=O) groups excluding carboxylic acids is 1. The van der Waals surface area contributed by atoms with Crippen LogP contribution in [0.15, 0.2) is 72.8 Å². The molecule has 0 aliphatic rings. The molecule has 0 spiro atoms. The van der Waals surface area contributed by atoms with Crippen molar-refractivity contribution in [2.75, 3.05) is 26.8 Å². The molecule has 0 saturated heterocycles. The third-order valence-corrected chi connectivity index (χ3v) is 7.05. The predicted molar refractivity (Wildman–Crippen MR) is 166 cm³/mol. The smallest absolute Gasteiger partial charge is 0.336 e. The minimum atomic E-state index is -1.77. The van der Waals surface area contributed by atoms with E-state index in [1.54, 1.807) is 12.2 Å². The zero-order chi connectivity index (χ0) is 31.2. The Balaban J connectivity index is 1.57. The van der Waals surface area contributed by atoms with Crippen LogP contribution in [0, 0.1) is 25.7 Å². The van der Waals surface area contributed by atoms with E-state index in [4.69, 9.17) is 14.6 Å². The lowest BCUT2D eigenvalue weighted by atomic mass is 10.0. The predicted octanol–water partition coefficient (Wildman–Crippen LogP) is 5.18. The number of aryl methyl sites for hydroxylation is 3. The molecule has 226 valence electrons. The molecule has 0 aliphatic carbocycles. The van der Waals surface area contributed by atoms with Gasteiger partial charge in [0.25, 0.3) is 5.91 Å². The first-order chi connectivity index (χ1) is 20.7. The van der Waals surface area contributed by atoms with Gasteiger partial charge in [-0.2, -0.15) is 0 Å². The Bertz CT molecular complexity index is 1500. The fraction of sp³-hybridized carbons (Fsp3) is 0.343. The molecule has 2 atom stereocenters. The molecule has 0 radical (unpaired) electrons. The molecular formula is C35H39NO7. The molecule has 0 aromatic heterocycles. The maximum absolute atomic E-state index is 13.2. The number of amides is 1. The van der Waals surface area contributed by atoms with Crippen molar-refractivity contribution in [3.63, 3.8) is 0 Å². The van der Waals surface area contributed by atoms with Gasteiger partial charge in [-0.05, 0) is 78.8 Å². The highest BCUT2D eigenvalue weighted by Crippen LogP contribution is 2.16. The van der Waals surface area contributed by atoms with E-state index in [-0.39, 0.29) is 13.2 Å². The first kappa shape index (κ1) is 33.1. The van der Waals surface area contributed by atoms with Gasteiger partial charge in [0.15, 0.2) is 12.2 Å². The number of nitrogens with zero attached hydrogens (tertiary/aromatic N) is 1. The molecule has 0 bridgehead atoms. The number of carboxylic acid groups (broad SMARTS) is 2. The van der Waals surface area contributed by atoms with E-state index in [9.17, 15) is 19.5 Å². The second kappa shape index (κ2) is 16.9. The van der Waals surface area contributed by atoms with Crippen LogP contribution >= 0.6 is 0 Å². The second-order valence-electron chi connectivity index (χ2n) is 10.4. The third-order valence-electron chi connectivity index (χ3n) is 7.05. The number of benzene rings is 3. The van der Waals surface area contributed by atoms with E-state index in [2.05, 4.69) is 43.9 Å². The minimum absolute atomic E-state index is 0.129. The number of carboxylic acids is 2. The van der Waals surface area contributed by atoms with Crippen LogP contribution in [-0.2, 0) is 30.3 Å². The molecule has 0 saturated carbocycles. The maximum atomic E-state index is 13.2. The molecule has 8 nitrogen and oxygen atoms in total.